The first-order valence-electron chi connectivity index (χ1n) is 7.41. The summed E-state index contributed by atoms with van der Waals surface area (Å²) >= 11 is 0. The number of carbonyl (C=O) groups excluding carboxylic acids is 1. The van der Waals surface area contributed by atoms with E-state index in [0.717, 1.165) is 25.8 Å². The third-order valence-electron chi connectivity index (χ3n) is 4.95. The molecular formula is C17H25NO. The smallest absolute Gasteiger partial charge is 0.141 e. The number of hydrogen-bond acceptors (Lipinski definition) is 2. The summed E-state index contributed by atoms with van der Waals surface area (Å²) in [5.41, 5.74) is 1.18. The van der Waals surface area contributed by atoms with Gasteiger partial charge in [0.15, 0.2) is 0 Å². The lowest BCUT2D eigenvalue weighted by Gasteiger charge is -2.47. The molecule has 2 nitrogen and oxygen atoms in total. The Kier molecular flexibility index (Phi) is 4.41. The van der Waals surface area contributed by atoms with Crippen molar-refractivity contribution in [2.24, 2.45) is 5.41 Å². The zero-order valence-corrected chi connectivity index (χ0v) is 12.4. The highest BCUT2D eigenvalue weighted by Crippen LogP contribution is 2.40. The number of likely N-dealkylation sites (N-methyl/N-ethyl adjacent to an activating group) is 1. The van der Waals surface area contributed by atoms with Gasteiger partial charge >= 0.3 is 0 Å². The fourth-order valence-electron chi connectivity index (χ4n) is 3.59. The molecule has 1 atom stereocenters. The highest BCUT2D eigenvalue weighted by Gasteiger charge is 2.46. The minimum Gasteiger partial charge on any atom is -0.302 e. The van der Waals surface area contributed by atoms with Crippen molar-refractivity contribution in [2.75, 3.05) is 13.6 Å². The lowest BCUT2D eigenvalue weighted by atomic mass is 9.67. The standard InChI is InChI=1S/C17H25NO/c1-4-17(5-2)15(18(3)12-11-16(17)19)13-14-9-7-6-8-10-14/h6-10,15H,4-5,11-13H2,1-3H3. The molecule has 1 aromatic rings. The summed E-state index contributed by atoms with van der Waals surface area (Å²) in [6.07, 6.45) is 3.59. The van der Waals surface area contributed by atoms with Gasteiger partial charge in [-0.15, -0.1) is 0 Å². The Bertz CT molecular complexity index is 422. The summed E-state index contributed by atoms with van der Waals surface area (Å²) in [5.74, 6) is 0.469. The predicted octanol–water partition coefficient (Wildman–Crippen LogP) is 3.31. The lowest BCUT2D eigenvalue weighted by Crippen LogP contribution is -2.56. The second-order valence-electron chi connectivity index (χ2n) is 5.72. The van der Waals surface area contributed by atoms with Crippen molar-refractivity contribution < 1.29 is 4.79 Å². The second kappa shape index (κ2) is 5.87. The molecule has 1 aliphatic rings. The first-order chi connectivity index (χ1) is 9.14. The van der Waals surface area contributed by atoms with Crippen LogP contribution in [0.15, 0.2) is 30.3 Å². The summed E-state index contributed by atoms with van der Waals surface area (Å²) in [6.45, 7) is 5.23. The van der Waals surface area contributed by atoms with E-state index in [9.17, 15) is 4.79 Å². The van der Waals surface area contributed by atoms with Crippen LogP contribution in [0.5, 0.6) is 0 Å². The third kappa shape index (κ3) is 2.59. The average molecular weight is 259 g/mol. The summed E-state index contributed by atoms with van der Waals surface area (Å²) in [5, 5.41) is 0. The third-order valence-corrected chi connectivity index (χ3v) is 4.95. The molecule has 1 unspecified atom stereocenters. The molecule has 0 saturated carbocycles. The van der Waals surface area contributed by atoms with Gasteiger partial charge in [-0.1, -0.05) is 44.2 Å². The Balaban J connectivity index is 2.29. The number of carbonyl (C=O) groups is 1. The fraction of sp³-hybridized carbons (Fsp3) is 0.588. The lowest BCUT2D eigenvalue weighted by molar-refractivity contribution is -0.138. The molecule has 2 heteroatoms. The van der Waals surface area contributed by atoms with Crippen LogP contribution in [0.2, 0.25) is 0 Å². The van der Waals surface area contributed by atoms with Gasteiger partial charge in [0.1, 0.15) is 5.78 Å². The summed E-state index contributed by atoms with van der Waals surface area (Å²) in [7, 11) is 2.17. The van der Waals surface area contributed by atoms with Gasteiger partial charge in [0.25, 0.3) is 0 Å². The molecule has 1 saturated heterocycles. The summed E-state index contributed by atoms with van der Waals surface area (Å²) in [4.78, 5) is 14.9. The van der Waals surface area contributed by atoms with Crippen LogP contribution in [0.3, 0.4) is 0 Å². The van der Waals surface area contributed by atoms with Crippen molar-refractivity contribution in [1.29, 1.82) is 0 Å². The topological polar surface area (TPSA) is 20.3 Å². The second-order valence-corrected chi connectivity index (χ2v) is 5.72. The van der Waals surface area contributed by atoms with Gasteiger partial charge in [0.05, 0.1) is 0 Å². The van der Waals surface area contributed by atoms with Crippen LogP contribution in [0, 0.1) is 5.41 Å². The number of rotatable bonds is 4. The number of ketones is 1. The molecule has 1 heterocycles. The molecular weight excluding hydrogens is 234 g/mol. The van der Waals surface area contributed by atoms with Gasteiger partial charge in [-0.25, -0.2) is 0 Å². The van der Waals surface area contributed by atoms with Crippen LogP contribution in [-0.2, 0) is 11.2 Å². The van der Waals surface area contributed by atoms with Crippen molar-refractivity contribution in [2.45, 2.75) is 45.6 Å². The average Bonchev–Trinajstić information content (AvgIpc) is 2.45. The van der Waals surface area contributed by atoms with E-state index in [-0.39, 0.29) is 5.41 Å². The van der Waals surface area contributed by atoms with Crippen LogP contribution >= 0.6 is 0 Å². The first kappa shape index (κ1) is 14.3. The molecule has 19 heavy (non-hydrogen) atoms. The normalized spacial score (nSPS) is 23.5. The molecule has 0 bridgehead atoms. The molecule has 104 valence electrons. The van der Waals surface area contributed by atoms with Gasteiger partial charge in [-0.05, 0) is 31.9 Å². The van der Waals surface area contributed by atoms with E-state index in [1.807, 2.05) is 6.07 Å². The van der Waals surface area contributed by atoms with Crippen molar-refractivity contribution in [3.63, 3.8) is 0 Å². The summed E-state index contributed by atoms with van der Waals surface area (Å²) < 4.78 is 0. The van der Waals surface area contributed by atoms with Crippen molar-refractivity contribution in [3.05, 3.63) is 35.9 Å². The zero-order valence-electron chi connectivity index (χ0n) is 12.4. The first-order valence-corrected chi connectivity index (χ1v) is 7.41. The fourth-order valence-corrected chi connectivity index (χ4v) is 3.59. The minimum absolute atomic E-state index is 0.150. The Labute approximate surface area is 116 Å². The van der Waals surface area contributed by atoms with E-state index in [1.165, 1.54) is 5.56 Å². The number of likely N-dealkylation sites (tertiary alicyclic amines) is 1. The van der Waals surface area contributed by atoms with Crippen molar-refractivity contribution in [1.82, 2.24) is 4.90 Å². The van der Waals surface area contributed by atoms with E-state index in [4.69, 9.17) is 0 Å². The van der Waals surface area contributed by atoms with Crippen LogP contribution in [0.25, 0.3) is 0 Å². The highest BCUT2D eigenvalue weighted by molar-refractivity contribution is 5.86. The SMILES string of the molecule is CCC1(CC)C(=O)CCN(C)C1Cc1ccccc1. The van der Waals surface area contributed by atoms with Crippen molar-refractivity contribution >= 4 is 5.78 Å². The number of nitrogens with zero attached hydrogens (tertiary/aromatic N) is 1. The Morgan fingerprint density at radius 2 is 1.84 bits per heavy atom. The van der Waals surface area contributed by atoms with E-state index < -0.39 is 0 Å². The minimum atomic E-state index is -0.150. The molecule has 0 aliphatic carbocycles. The predicted molar refractivity (Wildman–Crippen MR) is 79.2 cm³/mol. The molecule has 1 aromatic carbocycles. The quantitative estimate of drug-likeness (QED) is 0.827. The number of piperidine rings is 1. The van der Waals surface area contributed by atoms with E-state index >= 15 is 0 Å². The maximum absolute atomic E-state index is 12.5. The van der Waals surface area contributed by atoms with Crippen LogP contribution in [-0.4, -0.2) is 30.3 Å². The highest BCUT2D eigenvalue weighted by atomic mass is 16.1. The van der Waals surface area contributed by atoms with Gasteiger partial charge in [0, 0.05) is 24.4 Å². The Morgan fingerprint density at radius 1 is 1.21 bits per heavy atom. The molecule has 0 amide bonds. The van der Waals surface area contributed by atoms with Gasteiger partial charge in [-0.2, -0.15) is 0 Å². The Morgan fingerprint density at radius 3 is 2.42 bits per heavy atom. The zero-order chi connectivity index (χ0) is 13.9. The number of hydrogen-bond donors (Lipinski definition) is 0. The maximum atomic E-state index is 12.5. The van der Waals surface area contributed by atoms with Crippen molar-refractivity contribution in [3.8, 4) is 0 Å². The molecule has 1 aliphatic heterocycles. The molecule has 0 aromatic heterocycles. The van der Waals surface area contributed by atoms with E-state index in [2.05, 4.69) is 50.1 Å². The number of benzene rings is 1. The maximum Gasteiger partial charge on any atom is 0.141 e. The van der Waals surface area contributed by atoms with Crippen LogP contribution in [0.4, 0.5) is 0 Å². The van der Waals surface area contributed by atoms with Gasteiger partial charge in [0.2, 0.25) is 0 Å². The van der Waals surface area contributed by atoms with E-state index in [0.29, 0.717) is 18.2 Å². The molecule has 1 fully saturated rings. The van der Waals surface area contributed by atoms with E-state index in [1.54, 1.807) is 0 Å². The summed E-state index contributed by atoms with van der Waals surface area (Å²) in [6, 6.07) is 10.9. The van der Waals surface area contributed by atoms with Gasteiger partial charge < -0.3 is 4.90 Å². The van der Waals surface area contributed by atoms with Crippen LogP contribution in [0.1, 0.15) is 38.7 Å². The Hall–Kier alpha value is -1.15. The number of Topliss-reactive ketones (excluding diaryl/α,β-unsaturated/α-hetero) is 1. The monoisotopic (exact) mass is 259 g/mol. The van der Waals surface area contributed by atoms with Gasteiger partial charge in [-0.3, -0.25) is 4.79 Å². The molecule has 0 spiro atoms. The largest absolute Gasteiger partial charge is 0.302 e. The molecule has 2 rings (SSSR count). The molecule has 0 radical (unpaired) electrons. The van der Waals surface area contributed by atoms with Crippen LogP contribution < -0.4 is 0 Å². The molecule has 0 N–H and O–H groups in total.